The van der Waals surface area contributed by atoms with Crippen LogP contribution >= 0.6 is 0 Å². The highest BCUT2D eigenvalue weighted by molar-refractivity contribution is 5.74. The molecule has 0 heterocycles. The lowest BCUT2D eigenvalue weighted by Gasteiger charge is -2.00. The number of carbonyl (C=O) groups is 1. The third-order valence-electron chi connectivity index (χ3n) is 0.633. The van der Waals surface area contributed by atoms with Crippen LogP contribution in [0.2, 0.25) is 0 Å². The van der Waals surface area contributed by atoms with Gasteiger partial charge in [-0.3, -0.25) is 0 Å². The molecule has 0 saturated carbocycles. The molecule has 48 valence electrons. The van der Waals surface area contributed by atoms with Crippen LogP contribution in [0.4, 0.5) is 4.48 Å². The number of halogens is 1. The number of rotatable bonds is 2. The van der Waals surface area contributed by atoms with Gasteiger partial charge < -0.3 is 4.84 Å². The topological polar surface area (TPSA) is 64.3 Å². The van der Waals surface area contributed by atoms with Crippen LogP contribution in [0, 0.1) is 0 Å². The Labute approximate surface area is 45.7 Å². The van der Waals surface area contributed by atoms with Gasteiger partial charge >= 0.3 is 5.97 Å². The van der Waals surface area contributed by atoms with Crippen molar-refractivity contribution < 1.29 is 14.1 Å². The molecular weight excluding hydrogens is 115 g/mol. The second-order valence-corrected chi connectivity index (χ2v) is 1.27. The summed E-state index contributed by atoms with van der Waals surface area (Å²) in [6.07, 6.45) is 0. The lowest BCUT2D eigenvalue weighted by Crippen LogP contribution is -2.31. The molecule has 0 aromatic carbocycles. The van der Waals surface area contributed by atoms with E-state index in [-0.39, 0.29) is 0 Å². The fourth-order valence-electron chi connectivity index (χ4n) is 0.147. The number of hydrogen-bond acceptors (Lipinski definition) is 4. The molecule has 3 N–H and O–H groups in total. The summed E-state index contributed by atoms with van der Waals surface area (Å²) in [5.41, 5.74) is 1.16. The maximum absolute atomic E-state index is 11.2. The zero-order chi connectivity index (χ0) is 6.57. The first-order valence-electron chi connectivity index (χ1n) is 1.99. The van der Waals surface area contributed by atoms with Crippen LogP contribution in [0.1, 0.15) is 6.92 Å². The van der Waals surface area contributed by atoms with Gasteiger partial charge in [-0.2, -0.15) is 5.90 Å². The number of hydrogen-bond donors (Lipinski definition) is 2. The fourth-order valence-corrected chi connectivity index (χ4v) is 0.147. The number of nitrogens with one attached hydrogen (secondary N) is 1. The van der Waals surface area contributed by atoms with Crippen molar-refractivity contribution in [2.45, 2.75) is 13.0 Å². The smallest absolute Gasteiger partial charge is 0.343 e. The molecule has 0 aliphatic rings. The van der Waals surface area contributed by atoms with E-state index in [1.165, 1.54) is 6.92 Å². The highest BCUT2D eigenvalue weighted by atomic mass is 19.2. The van der Waals surface area contributed by atoms with Crippen molar-refractivity contribution in [3.8, 4) is 0 Å². The second kappa shape index (κ2) is 3.34. The molecule has 5 heteroatoms. The summed E-state index contributed by atoms with van der Waals surface area (Å²) in [5.74, 6) is 3.57. The summed E-state index contributed by atoms with van der Waals surface area (Å²) in [6.45, 7) is 1.29. The van der Waals surface area contributed by atoms with Gasteiger partial charge in [-0.05, 0) is 6.92 Å². The van der Waals surface area contributed by atoms with E-state index < -0.39 is 12.0 Å². The molecule has 0 saturated heterocycles. The lowest BCUT2D eigenvalue weighted by molar-refractivity contribution is -0.147. The van der Waals surface area contributed by atoms with Gasteiger partial charge in [0.05, 0.1) is 0 Å². The molecule has 0 aromatic rings. The molecule has 0 amide bonds. The molecule has 0 aliphatic heterocycles. The molecule has 0 radical (unpaired) electrons. The standard InChI is InChI=1S/C3H7FN2O2/c1-2(6-4)3(7)8-5/h2,6H,5H2,1H3. The van der Waals surface area contributed by atoms with E-state index >= 15 is 0 Å². The van der Waals surface area contributed by atoms with E-state index in [2.05, 4.69) is 10.7 Å². The molecular formula is C3H7FN2O2. The van der Waals surface area contributed by atoms with Crippen LogP contribution < -0.4 is 11.4 Å². The van der Waals surface area contributed by atoms with E-state index in [1.54, 1.807) is 0 Å². The van der Waals surface area contributed by atoms with Crippen molar-refractivity contribution in [3.05, 3.63) is 0 Å². The molecule has 1 atom stereocenters. The van der Waals surface area contributed by atoms with Gasteiger partial charge in [-0.15, -0.1) is 10.0 Å². The summed E-state index contributed by atoms with van der Waals surface area (Å²) in [6, 6.07) is -0.986. The van der Waals surface area contributed by atoms with Crippen LogP contribution in [0.15, 0.2) is 0 Å². The average molecular weight is 122 g/mol. The van der Waals surface area contributed by atoms with E-state index in [4.69, 9.17) is 0 Å². The summed E-state index contributed by atoms with van der Waals surface area (Å²) in [5, 5.41) is 0. The fraction of sp³-hybridized carbons (Fsp3) is 0.667. The predicted molar refractivity (Wildman–Crippen MR) is 24.0 cm³/mol. The minimum atomic E-state index is -0.986. The molecule has 0 aromatic heterocycles. The first-order chi connectivity index (χ1) is 3.72. The molecule has 0 bridgehead atoms. The van der Waals surface area contributed by atoms with Crippen molar-refractivity contribution in [1.82, 2.24) is 5.54 Å². The van der Waals surface area contributed by atoms with E-state index in [0.29, 0.717) is 0 Å². The van der Waals surface area contributed by atoms with Crippen molar-refractivity contribution in [2.24, 2.45) is 5.90 Å². The zero-order valence-corrected chi connectivity index (χ0v) is 4.35. The van der Waals surface area contributed by atoms with Gasteiger partial charge in [-0.25, -0.2) is 4.79 Å². The Balaban J connectivity index is 3.46. The van der Waals surface area contributed by atoms with Gasteiger partial charge in [0.2, 0.25) is 0 Å². The van der Waals surface area contributed by atoms with E-state index in [9.17, 15) is 9.28 Å². The van der Waals surface area contributed by atoms with Gasteiger partial charge in [0.15, 0.2) is 0 Å². The molecule has 0 aliphatic carbocycles. The lowest BCUT2D eigenvalue weighted by atomic mass is 10.4. The molecule has 8 heavy (non-hydrogen) atoms. The molecule has 0 fully saturated rings. The summed E-state index contributed by atoms with van der Waals surface area (Å²) in [7, 11) is 0. The Bertz CT molecular complexity index is 87.4. The summed E-state index contributed by atoms with van der Waals surface area (Å²) in [4.78, 5) is 13.8. The van der Waals surface area contributed by atoms with Crippen LogP contribution in [-0.2, 0) is 9.63 Å². The minimum Gasteiger partial charge on any atom is -0.372 e. The van der Waals surface area contributed by atoms with Crippen molar-refractivity contribution >= 4 is 5.97 Å². The van der Waals surface area contributed by atoms with Crippen molar-refractivity contribution in [2.75, 3.05) is 0 Å². The molecule has 0 rings (SSSR count). The van der Waals surface area contributed by atoms with Crippen molar-refractivity contribution in [1.29, 1.82) is 0 Å². The maximum atomic E-state index is 11.2. The molecule has 0 spiro atoms. The Morgan fingerprint density at radius 1 is 2.00 bits per heavy atom. The van der Waals surface area contributed by atoms with Crippen molar-refractivity contribution in [3.63, 3.8) is 0 Å². The number of carbonyl (C=O) groups excluding carboxylic acids is 1. The first kappa shape index (κ1) is 7.32. The van der Waals surface area contributed by atoms with Gasteiger partial charge in [-0.1, -0.05) is 0 Å². The molecule has 4 nitrogen and oxygen atoms in total. The van der Waals surface area contributed by atoms with Gasteiger partial charge in [0.1, 0.15) is 6.04 Å². The average Bonchev–Trinajstić information content (AvgIpc) is 1.84. The monoisotopic (exact) mass is 122 g/mol. The van der Waals surface area contributed by atoms with Crippen LogP contribution in [-0.4, -0.2) is 12.0 Å². The van der Waals surface area contributed by atoms with Crippen LogP contribution in [0.3, 0.4) is 0 Å². The van der Waals surface area contributed by atoms with E-state index in [1.807, 2.05) is 0 Å². The van der Waals surface area contributed by atoms with E-state index in [0.717, 1.165) is 5.54 Å². The van der Waals surface area contributed by atoms with Crippen LogP contribution in [0.5, 0.6) is 0 Å². The second-order valence-electron chi connectivity index (χ2n) is 1.27. The number of nitrogens with two attached hydrogens (primary N) is 1. The SMILES string of the molecule is CC(NF)C(=O)ON. The zero-order valence-electron chi connectivity index (χ0n) is 4.35. The first-order valence-corrected chi connectivity index (χ1v) is 1.99. The normalized spacial score (nSPS) is 12.9. The minimum absolute atomic E-state index is 0.826. The van der Waals surface area contributed by atoms with Gasteiger partial charge in [0, 0.05) is 0 Å². The van der Waals surface area contributed by atoms with Gasteiger partial charge in [0.25, 0.3) is 0 Å². The maximum Gasteiger partial charge on any atom is 0.343 e. The highest BCUT2D eigenvalue weighted by Crippen LogP contribution is 1.81. The summed E-state index contributed by atoms with van der Waals surface area (Å²) >= 11 is 0. The molecule has 1 unspecified atom stereocenters. The Morgan fingerprint density at radius 2 is 2.50 bits per heavy atom. The quantitative estimate of drug-likeness (QED) is 0.374. The Hall–Kier alpha value is -0.680. The Morgan fingerprint density at radius 3 is 2.62 bits per heavy atom. The third-order valence-corrected chi connectivity index (χ3v) is 0.633. The third kappa shape index (κ3) is 1.85. The summed E-state index contributed by atoms with van der Waals surface area (Å²) < 4.78 is 11.2. The van der Waals surface area contributed by atoms with Crippen LogP contribution in [0.25, 0.3) is 0 Å². The predicted octanol–water partition coefficient (Wildman–Crippen LogP) is -0.734. The highest BCUT2D eigenvalue weighted by Gasteiger charge is 2.11. The Kier molecular flexibility index (Phi) is 3.05. The largest absolute Gasteiger partial charge is 0.372 e.